The Morgan fingerprint density at radius 1 is 1.25 bits per heavy atom. The van der Waals surface area contributed by atoms with Crippen LogP contribution in [0.25, 0.3) is 22.3 Å². The molecule has 2 aromatic carbocycles. The van der Waals surface area contributed by atoms with Crippen LogP contribution in [0.2, 0.25) is 0 Å². The van der Waals surface area contributed by atoms with Crippen molar-refractivity contribution in [2.45, 2.75) is 42.8 Å². The number of nitrogens with zero attached hydrogens (tertiary/aromatic N) is 3. The van der Waals surface area contributed by atoms with Crippen molar-refractivity contribution in [3.05, 3.63) is 66.1 Å². The molecule has 0 saturated carbocycles. The molecule has 4 aromatic rings. The number of ether oxygens (including phenoxy) is 1. The molecular weight excluding hydrogens is 427 g/mol. The molecule has 0 bridgehead atoms. The van der Waals surface area contributed by atoms with E-state index in [1.165, 1.54) is 23.9 Å². The van der Waals surface area contributed by atoms with Crippen LogP contribution < -0.4 is 0 Å². The zero-order valence-electron chi connectivity index (χ0n) is 17.6. The van der Waals surface area contributed by atoms with Gasteiger partial charge in [0.25, 0.3) is 0 Å². The maximum Gasteiger partial charge on any atom is 0.192 e. The van der Waals surface area contributed by atoms with E-state index in [-0.39, 0.29) is 23.0 Å². The number of hydrogen-bond donors (Lipinski definition) is 1. The molecule has 0 radical (unpaired) electrons. The first-order valence-electron chi connectivity index (χ1n) is 10.7. The van der Waals surface area contributed by atoms with E-state index in [2.05, 4.69) is 15.2 Å². The summed E-state index contributed by atoms with van der Waals surface area (Å²) >= 11 is 1.38. The van der Waals surface area contributed by atoms with Crippen molar-refractivity contribution in [2.24, 2.45) is 0 Å². The fraction of sp³-hybridized carbons (Fsp3) is 0.292. The van der Waals surface area contributed by atoms with Gasteiger partial charge in [-0.2, -0.15) is 0 Å². The number of thioether (sulfide) groups is 1. The monoisotopic (exact) mass is 450 g/mol. The Labute approximate surface area is 189 Å². The van der Waals surface area contributed by atoms with Gasteiger partial charge in [-0.25, -0.2) is 4.39 Å². The van der Waals surface area contributed by atoms with Crippen molar-refractivity contribution < 1.29 is 13.9 Å². The minimum absolute atomic E-state index is 0.0300. The molecule has 8 heteroatoms. The number of halogens is 1. The lowest BCUT2D eigenvalue weighted by Crippen LogP contribution is -2.19. The van der Waals surface area contributed by atoms with E-state index in [1.54, 1.807) is 18.3 Å². The Bertz CT molecular complexity index is 1240. The lowest BCUT2D eigenvalue weighted by atomic mass is 10.1. The van der Waals surface area contributed by atoms with Gasteiger partial charge in [-0.1, -0.05) is 30.0 Å². The number of H-pyrrole nitrogens is 1. The third-order valence-electron chi connectivity index (χ3n) is 5.74. The van der Waals surface area contributed by atoms with E-state index in [0.29, 0.717) is 23.1 Å². The lowest BCUT2D eigenvalue weighted by Gasteiger charge is -2.16. The number of benzene rings is 2. The lowest BCUT2D eigenvalue weighted by molar-refractivity contribution is 0.0953. The van der Waals surface area contributed by atoms with E-state index in [1.807, 2.05) is 35.8 Å². The molecule has 1 N–H and O–H groups in total. The van der Waals surface area contributed by atoms with Crippen molar-refractivity contribution in [3.63, 3.8) is 0 Å². The SMILES string of the molecule is CC(Sc1nnc(-c2ccc(F)cc2)n1CC1CCCO1)C(=O)c1c[nH]c2ccccc12. The minimum atomic E-state index is -0.359. The van der Waals surface area contributed by atoms with Gasteiger partial charge in [0.1, 0.15) is 5.82 Å². The summed E-state index contributed by atoms with van der Waals surface area (Å²) in [6.07, 6.45) is 3.83. The number of nitrogens with one attached hydrogen (secondary N) is 1. The average molecular weight is 451 g/mol. The third-order valence-corrected chi connectivity index (χ3v) is 6.82. The summed E-state index contributed by atoms with van der Waals surface area (Å²) in [6, 6.07) is 14.0. The molecule has 0 spiro atoms. The third kappa shape index (κ3) is 4.08. The Morgan fingerprint density at radius 3 is 2.84 bits per heavy atom. The molecule has 1 aliphatic heterocycles. The standard InChI is InChI=1S/C24H23FN4O2S/c1-15(22(30)20-13-26-21-7-3-2-6-19(20)21)32-24-28-27-23(16-8-10-17(25)11-9-16)29(24)14-18-5-4-12-31-18/h2-3,6-11,13,15,18,26H,4-5,12,14H2,1H3. The molecule has 0 aliphatic carbocycles. The molecular formula is C24H23FN4O2S. The summed E-state index contributed by atoms with van der Waals surface area (Å²) in [5.74, 6) is 0.378. The number of Topliss-reactive ketones (excluding diaryl/α,β-unsaturated/α-hetero) is 1. The summed E-state index contributed by atoms with van der Waals surface area (Å²) < 4.78 is 21.3. The Kier molecular flexibility index (Phi) is 5.80. The van der Waals surface area contributed by atoms with Crippen LogP contribution in [0.15, 0.2) is 59.9 Å². The van der Waals surface area contributed by atoms with Gasteiger partial charge >= 0.3 is 0 Å². The van der Waals surface area contributed by atoms with Gasteiger partial charge in [-0.3, -0.25) is 9.36 Å². The van der Waals surface area contributed by atoms with Crippen molar-refractivity contribution >= 4 is 28.4 Å². The van der Waals surface area contributed by atoms with E-state index >= 15 is 0 Å². The largest absolute Gasteiger partial charge is 0.376 e. The highest BCUT2D eigenvalue weighted by atomic mass is 32.2. The van der Waals surface area contributed by atoms with Crippen molar-refractivity contribution in [2.75, 3.05) is 6.61 Å². The maximum atomic E-state index is 13.4. The minimum Gasteiger partial charge on any atom is -0.376 e. The van der Waals surface area contributed by atoms with E-state index < -0.39 is 0 Å². The van der Waals surface area contributed by atoms with Crippen LogP contribution in [0, 0.1) is 5.82 Å². The Hall–Kier alpha value is -2.97. The fourth-order valence-corrected chi connectivity index (χ4v) is 4.98. The second kappa shape index (κ2) is 8.88. The number of carbonyl (C=O) groups is 1. The summed E-state index contributed by atoms with van der Waals surface area (Å²) in [5.41, 5.74) is 2.39. The highest BCUT2D eigenvalue weighted by Crippen LogP contribution is 2.31. The second-order valence-electron chi connectivity index (χ2n) is 7.93. The highest BCUT2D eigenvalue weighted by molar-refractivity contribution is 8.00. The molecule has 2 atom stereocenters. The zero-order valence-corrected chi connectivity index (χ0v) is 18.4. The topological polar surface area (TPSA) is 72.8 Å². The molecule has 1 aliphatic rings. The average Bonchev–Trinajstić information content (AvgIpc) is 3.55. The van der Waals surface area contributed by atoms with Crippen LogP contribution in [-0.2, 0) is 11.3 Å². The normalized spacial score (nSPS) is 17.1. The van der Waals surface area contributed by atoms with Gasteiger partial charge in [-0.15, -0.1) is 10.2 Å². The van der Waals surface area contributed by atoms with Gasteiger partial charge in [0, 0.05) is 34.8 Å². The zero-order chi connectivity index (χ0) is 22.1. The van der Waals surface area contributed by atoms with Crippen LogP contribution in [0.3, 0.4) is 0 Å². The summed E-state index contributed by atoms with van der Waals surface area (Å²) in [5, 5.41) is 9.98. The first-order chi connectivity index (χ1) is 15.6. The van der Waals surface area contributed by atoms with Crippen LogP contribution in [-0.4, -0.2) is 43.5 Å². The van der Waals surface area contributed by atoms with E-state index in [4.69, 9.17) is 4.74 Å². The van der Waals surface area contributed by atoms with Crippen molar-refractivity contribution in [3.8, 4) is 11.4 Å². The van der Waals surface area contributed by atoms with Gasteiger partial charge in [0.05, 0.1) is 17.9 Å². The Balaban J connectivity index is 1.44. The van der Waals surface area contributed by atoms with Gasteiger partial charge in [-0.05, 0) is 50.1 Å². The van der Waals surface area contributed by atoms with E-state index in [0.717, 1.165) is 35.9 Å². The summed E-state index contributed by atoms with van der Waals surface area (Å²) in [4.78, 5) is 16.4. The number of rotatable bonds is 7. The molecule has 6 nitrogen and oxygen atoms in total. The second-order valence-corrected chi connectivity index (χ2v) is 9.24. The van der Waals surface area contributed by atoms with Gasteiger partial charge in [0.2, 0.25) is 0 Å². The predicted octanol–water partition coefficient (Wildman–Crippen LogP) is 5.11. The van der Waals surface area contributed by atoms with Crippen LogP contribution in [0.4, 0.5) is 4.39 Å². The molecule has 3 heterocycles. The first-order valence-corrected chi connectivity index (χ1v) is 11.6. The summed E-state index contributed by atoms with van der Waals surface area (Å²) in [7, 11) is 0. The molecule has 32 heavy (non-hydrogen) atoms. The van der Waals surface area contributed by atoms with Crippen LogP contribution >= 0.6 is 11.8 Å². The Morgan fingerprint density at radius 2 is 2.06 bits per heavy atom. The summed E-state index contributed by atoms with van der Waals surface area (Å²) in [6.45, 7) is 3.23. The number of fused-ring (bicyclic) bond motifs is 1. The molecule has 2 aromatic heterocycles. The van der Waals surface area contributed by atoms with Crippen LogP contribution in [0.5, 0.6) is 0 Å². The number of ketones is 1. The first kappa shape index (κ1) is 20.9. The molecule has 1 saturated heterocycles. The molecule has 0 amide bonds. The molecule has 5 rings (SSSR count). The molecule has 2 unspecified atom stereocenters. The van der Waals surface area contributed by atoms with Gasteiger partial charge < -0.3 is 9.72 Å². The van der Waals surface area contributed by atoms with E-state index in [9.17, 15) is 9.18 Å². The maximum absolute atomic E-state index is 13.4. The number of aromatic amines is 1. The quantitative estimate of drug-likeness (QED) is 0.313. The fourth-order valence-electron chi connectivity index (χ4n) is 4.05. The number of aromatic nitrogens is 4. The highest BCUT2D eigenvalue weighted by Gasteiger charge is 2.26. The number of carbonyl (C=O) groups excluding carboxylic acids is 1. The van der Waals surface area contributed by atoms with Gasteiger partial charge in [0.15, 0.2) is 16.8 Å². The number of hydrogen-bond acceptors (Lipinski definition) is 5. The van der Waals surface area contributed by atoms with Crippen molar-refractivity contribution in [1.29, 1.82) is 0 Å². The predicted molar refractivity (Wildman–Crippen MR) is 122 cm³/mol. The number of para-hydroxylation sites is 1. The van der Waals surface area contributed by atoms with Crippen molar-refractivity contribution in [1.82, 2.24) is 19.7 Å². The van der Waals surface area contributed by atoms with Crippen LogP contribution in [0.1, 0.15) is 30.1 Å². The molecule has 164 valence electrons. The molecule has 1 fully saturated rings. The smallest absolute Gasteiger partial charge is 0.192 e.